The van der Waals surface area contributed by atoms with Crippen molar-refractivity contribution in [2.75, 3.05) is 13.2 Å². The van der Waals surface area contributed by atoms with E-state index in [1.54, 1.807) is 4.52 Å². The Balaban J connectivity index is 1.96. The zero-order valence-electron chi connectivity index (χ0n) is 14.0. The Morgan fingerprint density at radius 2 is 2.13 bits per heavy atom. The molecule has 7 heteroatoms. The molecule has 23 heavy (non-hydrogen) atoms. The molecule has 7 nitrogen and oxygen atoms in total. The molecule has 1 amide bonds. The van der Waals surface area contributed by atoms with E-state index in [4.69, 9.17) is 5.11 Å². The molecule has 1 atom stereocenters. The van der Waals surface area contributed by atoms with Gasteiger partial charge in [-0.3, -0.25) is 4.79 Å². The van der Waals surface area contributed by atoms with E-state index < -0.39 is 0 Å². The molecule has 0 aliphatic heterocycles. The van der Waals surface area contributed by atoms with E-state index in [-0.39, 0.29) is 18.9 Å². The van der Waals surface area contributed by atoms with Crippen molar-refractivity contribution in [1.82, 2.24) is 24.9 Å². The molecular weight excluding hydrogens is 294 g/mol. The number of aliphatic hydroxyl groups excluding tert-OH is 1. The van der Waals surface area contributed by atoms with Gasteiger partial charge in [-0.25, -0.2) is 9.50 Å². The molecule has 2 N–H and O–H groups in total. The van der Waals surface area contributed by atoms with Gasteiger partial charge in [-0.05, 0) is 38.7 Å². The van der Waals surface area contributed by atoms with E-state index in [1.807, 2.05) is 19.9 Å². The Hall–Kier alpha value is -2.02. The van der Waals surface area contributed by atoms with E-state index in [2.05, 4.69) is 27.3 Å². The molecule has 0 aromatic carbocycles. The summed E-state index contributed by atoms with van der Waals surface area (Å²) in [5.41, 5.74) is 1.82. The molecule has 0 saturated heterocycles. The number of rotatable bonds is 8. The molecule has 126 valence electrons. The lowest BCUT2D eigenvalue weighted by atomic mass is 10.0. The van der Waals surface area contributed by atoms with Crippen LogP contribution in [0.4, 0.5) is 0 Å². The smallest absolute Gasteiger partial charge is 0.252 e. The van der Waals surface area contributed by atoms with Crippen LogP contribution in [0.2, 0.25) is 0 Å². The van der Waals surface area contributed by atoms with Gasteiger partial charge in [-0.1, -0.05) is 13.3 Å². The fourth-order valence-corrected chi connectivity index (χ4v) is 2.69. The van der Waals surface area contributed by atoms with Gasteiger partial charge < -0.3 is 10.4 Å². The number of hydrogen-bond acceptors (Lipinski definition) is 5. The van der Waals surface area contributed by atoms with Crippen molar-refractivity contribution in [2.45, 2.75) is 46.5 Å². The third-order valence-electron chi connectivity index (χ3n) is 3.80. The number of aliphatic hydroxyl groups is 1. The van der Waals surface area contributed by atoms with Crippen LogP contribution in [0.3, 0.4) is 0 Å². The first-order valence-electron chi connectivity index (χ1n) is 8.11. The van der Waals surface area contributed by atoms with Crippen LogP contribution < -0.4 is 5.32 Å². The zero-order valence-corrected chi connectivity index (χ0v) is 14.0. The molecule has 0 bridgehead atoms. The number of carbonyl (C=O) groups excluding carboxylic acids is 1. The van der Waals surface area contributed by atoms with Gasteiger partial charge in [0, 0.05) is 24.5 Å². The average molecular weight is 319 g/mol. The maximum absolute atomic E-state index is 12.1. The maximum Gasteiger partial charge on any atom is 0.252 e. The van der Waals surface area contributed by atoms with Crippen molar-refractivity contribution in [2.24, 2.45) is 5.92 Å². The van der Waals surface area contributed by atoms with E-state index in [0.29, 0.717) is 30.5 Å². The predicted molar refractivity (Wildman–Crippen MR) is 87.1 cm³/mol. The number of carbonyl (C=O) groups is 1. The number of hydrogen-bond donors (Lipinski definition) is 2. The second-order valence-electron chi connectivity index (χ2n) is 5.93. The van der Waals surface area contributed by atoms with Crippen LogP contribution in [0.25, 0.3) is 5.78 Å². The van der Waals surface area contributed by atoms with Gasteiger partial charge in [0.25, 0.3) is 5.78 Å². The number of aromatic nitrogens is 4. The van der Waals surface area contributed by atoms with Crippen molar-refractivity contribution < 1.29 is 9.90 Å². The topological polar surface area (TPSA) is 92.4 Å². The first kappa shape index (κ1) is 17.3. The van der Waals surface area contributed by atoms with Crippen LogP contribution in [0.15, 0.2) is 6.07 Å². The third-order valence-corrected chi connectivity index (χ3v) is 3.80. The molecule has 0 spiro atoms. The van der Waals surface area contributed by atoms with Crippen LogP contribution in [-0.2, 0) is 11.2 Å². The highest BCUT2D eigenvalue weighted by molar-refractivity contribution is 5.77. The minimum Gasteiger partial charge on any atom is -0.396 e. The second kappa shape index (κ2) is 8.01. The van der Waals surface area contributed by atoms with Crippen LogP contribution >= 0.6 is 0 Å². The lowest BCUT2D eigenvalue weighted by Gasteiger charge is -2.15. The second-order valence-corrected chi connectivity index (χ2v) is 5.93. The Kier molecular flexibility index (Phi) is 6.04. The summed E-state index contributed by atoms with van der Waals surface area (Å²) in [6, 6.07) is 1.93. The summed E-state index contributed by atoms with van der Waals surface area (Å²) in [6.45, 7) is 6.67. The summed E-state index contributed by atoms with van der Waals surface area (Å²) in [4.78, 5) is 20.7. The van der Waals surface area contributed by atoms with E-state index in [9.17, 15) is 4.79 Å². The summed E-state index contributed by atoms with van der Waals surface area (Å²) >= 11 is 0. The largest absolute Gasteiger partial charge is 0.396 e. The summed E-state index contributed by atoms with van der Waals surface area (Å²) in [7, 11) is 0. The molecule has 2 aromatic heterocycles. The molecule has 1 unspecified atom stereocenters. The van der Waals surface area contributed by atoms with Crippen molar-refractivity contribution in [1.29, 1.82) is 0 Å². The van der Waals surface area contributed by atoms with Gasteiger partial charge in [-0.2, -0.15) is 4.98 Å². The molecule has 0 fully saturated rings. The third kappa shape index (κ3) is 4.72. The molecule has 0 aliphatic carbocycles. The summed E-state index contributed by atoms with van der Waals surface area (Å²) < 4.78 is 1.65. The monoisotopic (exact) mass is 319 g/mol. The number of amides is 1. The van der Waals surface area contributed by atoms with Crippen molar-refractivity contribution in [3.05, 3.63) is 23.3 Å². The summed E-state index contributed by atoms with van der Waals surface area (Å²) in [5, 5.41) is 16.3. The molecule has 0 saturated carbocycles. The maximum atomic E-state index is 12.1. The number of nitrogens with zero attached hydrogens (tertiary/aromatic N) is 4. The molecule has 2 heterocycles. The lowest BCUT2D eigenvalue weighted by molar-refractivity contribution is -0.120. The van der Waals surface area contributed by atoms with Crippen LogP contribution in [-0.4, -0.2) is 43.7 Å². The standard InChI is InChI=1S/C16H25N5O2/c1-4-5-13(6-7-22)10-17-15(23)9-14-19-16-18-11(2)8-12(3)21(16)20-14/h8,13,22H,4-7,9-10H2,1-3H3,(H,17,23). The highest BCUT2D eigenvalue weighted by Crippen LogP contribution is 2.10. The highest BCUT2D eigenvalue weighted by Gasteiger charge is 2.13. The molecular formula is C16H25N5O2. The first-order valence-corrected chi connectivity index (χ1v) is 8.11. The van der Waals surface area contributed by atoms with Crippen molar-refractivity contribution >= 4 is 11.7 Å². The number of aryl methyl sites for hydroxylation is 2. The zero-order chi connectivity index (χ0) is 16.8. The normalized spacial score (nSPS) is 12.5. The van der Waals surface area contributed by atoms with E-state index >= 15 is 0 Å². The minimum absolute atomic E-state index is 0.102. The van der Waals surface area contributed by atoms with E-state index in [0.717, 1.165) is 24.2 Å². The highest BCUT2D eigenvalue weighted by atomic mass is 16.3. The number of fused-ring (bicyclic) bond motifs is 1. The minimum atomic E-state index is -0.102. The Bertz CT molecular complexity index is 662. The molecule has 2 rings (SSSR count). The van der Waals surface area contributed by atoms with Crippen LogP contribution in [0.5, 0.6) is 0 Å². The van der Waals surface area contributed by atoms with Gasteiger partial charge in [0.05, 0.1) is 6.42 Å². The van der Waals surface area contributed by atoms with Crippen molar-refractivity contribution in [3.63, 3.8) is 0 Å². The van der Waals surface area contributed by atoms with Gasteiger partial charge in [0.15, 0.2) is 5.82 Å². The lowest BCUT2D eigenvalue weighted by Crippen LogP contribution is -2.31. The van der Waals surface area contributed by atoms with Crippen LogP contribution in [0.1, 0.15) is 43.4 Å². The predicted octanol–water partition coefficient (Wildman–Crippen LogP) is 1.20. The van der Waals surface area contributed by atoms with Crippen molar-refractivity contribution in [3.8, 4) is 0 Å². The molecule has 0 aliphatic rings. The Labute approximate surface area is 136 Å². The molecule has 2 aromatic rings. The van der Waals surface area contributed by atoms with Gasteiger partial charge in [0.2, 0.25) is 5.91 Å². The average Bonchev–Trinajstić information content (AvgIpc) is 2.88. The quantitative estimate of drug-likeness (QED) is 0.762. The summed E-state index contributed by atoms with van der Waals surface area (Å²) in [6.07, 6.45) is 2.89. The Morgan fingerprint density at radius 3 is 2.83 bits per heavy atom. The fraction of sp³-hybridized carbons (Fsp3) is 0.625. The first-order chi connectivity index (χ1) is 11.0. The van der Waals surface area contributed by atoms with E-state index in [1.165, 1.54) is 0 Å². The SMILES string of the molecule is CCCC(CCO)CNC(=O)Cc1nc2nc(C)cc(C)n2n1. The van der Waals surface area contributed by atoms with Crippen LogP contribution in [0, 0.1) is 19.8 Å². The summed E-state index contributed by atoms with van der Waals surface area (Å²) in [5.74, 6) is 1.20. The number of nitrogens with one attached hydrogen (secondary N) is 1. The molecule has 0 radical (unpaired) electrons. The fourth-order valence-electron chi connectivity index (χ4n) is 2.69. The van der Waals surface area contributed by atoms with Gasteiger partial charge in [-0.15, -0.1) is 5.10 Å². The van der Waals surface area contributed by atoms with Gasteiger partial charge in [0.1, 0.15) is 0 Å². The Morgan fingerprint density at radius 1 is 1.35 bits per heavy atom. The van der Waals surface area contributed by atoms with Gasteiger partial charge >= 0.3 is 0 Å².